The van der Waals surface area contributed by atoms with Gasteiger partial charge in [0.25, 0.3) is 5.91 Å². The number of methoxy groups -OCH3 is 1. The van der Waals surface area contributed by atoms with Crippen molar-refractivity contribution in [2.24, 2.45) is 0 Å². The molecule has 13 heteroatoms. The van der Waals surface area contributed by atoms with Crippen LogP contribution in [0, 0.1) is 0 Å². The number of piperidine rings is 1. The summed E-state index contributed by atoms with van der Waals surface area (Å²) in [5, 5.41) is 16.2. The van der Waals surface area contributed by atoms with Crippen LogP contribution >= 0.6 is 0 Å². The number of hydrogen-bond donors (Lipinski definition) is 2. The van der Waals surface area contributed by atoms with Crippen molar-refractivity contribution < 1.29 is 23.6 Å². The van der Waals surface area contributed by atoms with Crippen LogP contribution in [0.1, 0.15) is 87.8 Å². The van der Waals surface area contributed by atoms with Gasteiger partial charge in [0, 0.05) is 12.6 Å². The molecule has 3 unspecified atom stereocenters. The zero-order valence-corrected chi connectivity index (χ0v) is 27.9. The standard InChI is InChI=1S/C37H38N8O5/c1-3-34(49-28-14-11-25(12-15-28)37(47)48-2)33-22-45(43-41-33)27-10-7-17-44(20-27)21-29-19-32(42-50-29)36(46)40-35(24-8-5-4-6-9-24)26-13-16-30-31(18-26)39-23-38-30/h4-6,8-9,11-16,18-19,22-23,27,34-35H,3,7,10,17,20-21H2,1-2H3,(H,38,39)(H,40,46). The summed E-state index contributed by atoms with van der Waals surface area (Å²) in [6.07, 6.45) is 5.95. The van der Waals surface area contributed by atoms with Crippen LogP contribution in [-0.4, -0.2) is 67.1 Å². The zero-order valence-electron chi connectivity index (χ0n) is 27.9. The number of nitrogens with zero attached hydrogens (tertiary/aromatic N) is 6. The molecule has 1 saturated heterocycles. The maximum atomic E-state index is 13.5. The average Bonchev–Trinajstić information content (AvgIpc) is 3.95. The predicted octanol–water partition coefficient (Wildman–Crippen LogP) is 5.82. The Balaban J connectivity index is 0.981. The molecule has 3 aromatic carbocycles. The van der Waals surface area contributed by atoms with Gasteiger partial charge in [0.05, 0.1) is 54.9 Å². The van der Waals surface area contributed by atoms with Crippen LogP contribution in [-0.2, 0) is 11.3 Å². The van der Waals surface area contributed by atoms with Gasteiger partial charge in [-0.15, -0.1) is 5.10 Å². The van der Waals surface area contributed by atoms with Crippen LogP contribution in [0.4, 0.5) is 0 Å². The highest BCUT2D eigenvalue weighted by atomic mass is 16.5. The third-order valence-corrected chi connectivity index (χ3v) is 8.99. The number of nitrogens with one attached hydrogen (secondary N) is 2. The van der Waals surface area contributed by atoms with Gasteiger partial charge >= 0.3 is 5.97 Å². The molecule has 1 amide bonds. The number of H-pyrrole nitrogens is 1. The number of imidazole rings is 1. The number of aromatic amines is 1. The first-order chi connectivity index (χ1) is 24.5. The molecule has 4 heterocycles. The van der Waals surface area contributed by atoms with Crippen LogP contribution in [0.15, 0.2) is 95.9 Å². The van der Waals surface area contributed by atoms with Gasteiger partial charge in [0.15, 0.2) is 11.5 Å². The second kappa shape index (κ2) is 14.7. The molecule has 50 heavy (non-hydrogen) atoms. The molecule has 0 saturated carbocycles. The predicted molar refractivity (Wildman–Crippen MR) is 183 cm³/mol. The Kier molecular flexibility index (Phi) is 9.65. The molecule has 0 aliphatic carbocycles. The summed E-state index contributed by atoms with van der Waals surface area (Å²) in [6.45, 7) is 4.17. The lowest BCUT2D eigenvalue weighted by Crippen LogP contribution is -2.36. The number of ether oxygens (including phenoxy) is 2. The number of benzene rings is 3. The second-order valence-corrected chi connectivity index (χ2v) is 12.4. The van der Waals surface area contributed by atoms with Crippen molar-refractivity contribution in [1.82, 2.24) is 40.3 Å². The fraction of sp³-hybridized carbons (Fsp3) is 0.297. The van der Waals surface area contributed by atoms with E-state index in [1.807, 2.05) is 66.3 Å². The summed E-state index contributed by atoms with van der Waals surface area (Å²) in [6, 6.07) is 24.0. The van der Waals surface area contributed by atoms with E-state index in [4.69, 9.17) is 14.0 Å². The third-order valence-electron chi connectivity index (χ3n) is 8.99. The van der Waals surface area contributed by atoms with Gasteiger partial charge in [-0.05, 0) is 73.3 Å². The van der Waals surface area contributed by atoms with Crippen LogP contribution in [0.5, 0.6) is 5.75 Å². The van der Waals surface area contributed by atoms with Crippen molar-refractivity contribution in [3.8, 4) is 5.75 Å². The topological polar surface area (TPSA) is 153 Å². The molecule has 6 aromatic rings. The van der Waals surface area contributed by atoms with E-state index in [1.165, 1.54) is 7.11 Å². The van der Waals surface area contributed by atoms with E-state index in [0.717, 1.165) is 53.8 Å². The maximum Gasteiger partial charge on any atom is 0.337 e. The average molecular weight is 675 g/mol. The highest BCUT2D eigenvalue weighted by molar-refractivity contribution is 5.93. The SMILES string of the molecule is CCC(Oc1ccc(C(=O)OC)cc1)c1cn(C2CCCN(Cc3cc(C(=O)NC(c4ccccc4)c4ccc5nc[nH]c5c4)no3)C2)nn1. The van der Waals surface area contributed by atoms with E-state index in [2.05, 4.69) is 35.7 Å². The van der Waals surface area contributed by atoms with Crippen LogP contribution in [0.25, 0.3) is 11.0 Å². The number of carbonyl (C=O) groups is 2. The monoisotopic (exact) mass is 674 g/mol. The zero-order chi connectivity index (χ0) is 34.5. The van der Waals surface area contributed by atoms with Gasteiger partial charge < -0.3 is 24.3 Å². The molecule has 13 nitrogen and oxygen atoms in total. The molecular weight excluding hydrogens is 636 g/mol. The molecule has 1 fully saturated rings. The number of esters is 1. The first kappa shape index (κ1) is 32.7. The number of likely N-dealkylation sites (tertiary alicyclic amines) is 1. The lowest BCUT2D eigenvalue weighted by Gasteiger charge is -2.31. The quantitative estimate of drug-likeness (QED) is 0.152. The first-order valence-electron chi connectivity index (χ1n) is 16.7. The summed E-state index contributed by atoms with van der Waals surface area (Å²) in [4.78, 5) is 35.0. The highest BCUT2D eigenvalue weighted by Crippen LogP contribution is 2.28. The number of rotatable bonds is 12. The molecule has 2 N–H and O–H groups in total. The van der Waals surface area contributed by atoms with E-state index >= 15 is 0 Å². The van der Waals surface area contributed by atoms with Gasteiger partial charge in [0.2, 0.25) is 0 Å². The van der Waals surface area contributed by atoms with Crippen LogP contribution < -0.4 is 10.1 Å². The molecule has 1 aliphatic rings. The van der Waals surface area contributed by atoms with Gasteiger partial charge in [-0.3, -0.25) is 9.69 Å². The summed E-state index contributed by atoms with van der Waals surface area (Å²) < 4.78 is 18.5. The molecule has 3 atom stereocenters. The van der Waals surface area contributed by atoms with Crippen molar-refractivity contribution in [3.63, 3.8) is 0 Å². The number of hydrogen-bond acceptors (Lipinski definition) is 10. The van der Waals surface area contributed by atoms with Crippen LogP contribution in [0.2, 0.25) is 0 Å². The van der Waals surface area contributed by atoms with Gasteiger partial charge in [-0.25, -0.2) is 14.5 Å². The fourth-order valence-corrected chi connectivity index (χ4v) is 6.37. The molecule has 0 radical (unpaired) electrons. The Morgan fingerprint density at radius 1 is 1.06 bits per heavy atom. The molecule has 256 valence electrons. The normalized spacial score (nSPS) is 16.2. The lowest BCUT2D eigenvalue weighted by molar-refractivity contribution is 0.0600. The molecule has 1 aliphatic heterocycles. The van der Waals surface area contributed by atoms with Crippen molar-refractivity contribution in [2.45, 2.75) is 50.9 Å². The summed E-state index contributed by atoms with van der Waals surface area (Å²) in [5.41, 5.74) is 5.05. The molecule has 0 bridgehead atoms. The smallest absolute Gasteiger partial charge is 0.337 e. The van der Waals surface area contributed by atoms with E-state index in [1.54, 1.807) is 36.7 Å². The lowest BCUT2D eigenvalue weighted by atomic mass is 9.98. The van der Waals surface area contributed by atoms with E-state index in [9.17, 15) is 9.59 Å². The Labute approximate surface area is 288 Å². The molecule has 0 spiro atoms. The minimum absolute atomic E-state index is 0.117. The third kappa shape index (κ3) is 7.27. The summed E-state index contributed by atoms with van der Waals surface area (Å²) >= 11 is 0. The van der Waals surface area contributed by atoms with Gasteiger partial charge in [-0.2, -0.15) is 0 Å². The van der Waals surface area contributed by atoms with Crippen molar-refractivity contribution in [1.29, 1.82) is 0 Å². The maximum absolute atomic E-state index is 13.5. The molecule has 7 rings (SSSR count). The number of amides is 1. The fourth-order valence-electron chi connectivity index (χ4n) is 6.37. The van der Waals surface area contributed by atoms with Crippen molar-refractivity contribution in [2.75, 3.05) is 20.2 Å². The van der Waals surface area contributed by atoms with Gasteiger partial charge in [0.1, 0.15) is 17.5 Å². The van der Waals surface area contributed by atoms with E-state index in [-0.39, 0.29) is 23.7 Å². The summed E-state index contributed by atoms with van der Waals surface area (Å²) in [5.74, 6) is 0.532. The van der Waals surface area contributed by atoms with Crippen molar-refractivity contribution in [3.05, 3.63) is 125 Å². The van der Waals surface area contributed by atoms with Crippen LogP contribution in [0.3, 0.4) is 0 Å². The number of carbonyl (C=O) groups excluding carboxylic acids is 2. The number of fused-ring (bicyclic) bond motifs is 1. The minimum atomic E-state index is -0.394. The Morgan fingerprint density at radius 3 is 2.70 bits per heavy atom. The molecule has 3 aromatic heterocycles. The summed E-state index contributed by atoms with van der Waals surface area (Å²) in [7, 11) is 1.35. The second-order valence-electron chi connectivity index (χ2n) is 12.4. The van der Waals surface area contributed by atoms with Crippen molar-refractivity contribution >= 4 is 22.9 Å². The Bertz CT molecular complexity index is 2050. The van der Waals surface area contributed by atoms with E-state index < -0.39 is 12.0 Å². The minimum Gasteiger partial charge on any atom is -0.484 e. The number of aromatic nitrogens is 6. The Morgan fingerprint density at radius 2 is 1.90 bits per heavy atom. The largest absolute Gasteiger partial charge is 0.484 e. The first-order valence-corrected chi connectivity index (χ1v) is 16.7. The van der Waals surface area contributed by atoms with Gasteiger partial charge in [-0.1, -0.05) is 53.7 Å². The Hall–Kier alpha value is -5.82. The highest BCUT2D eigenvalue weighted by Gasteiger charge is 2.26. The van der Waals surface area contributed by atoms with E-state index in [0.29, 0.717) is 30.0 Å². The molecular formula is C37H38N8O5.